The van der Waals surface area contributed by atoms with E-state index >= 15 is 0 Å². The van der Waals surface area contributed by atoms with Gasteiger partial charge in [-0.1, -0.05) is 177 Å². The van der Waals surface area contributed by atoms with Crippen LogP contribution in [0.15, 0.2) is 218 Å². The second-order valence-electron chi connectivity index (χ2n) is 18.8. The standard InChI is InChI=1S/C65H42N5PS/c1-39-40(2)63-62(48-25-10-13-29-53(48)69(63)59-34-18-28-50(66-59)42-35-36-45-44-23-12-16-33-57(44)72-58(45)37-42)64-60(39)47-24-9-14-30-54(47)70(64)65-67-51(41-19-5-3-6-20-41)38-52(68-65)46-27-17-32-56-61(46)49-26-11-15-31-55(49)71(56)43-21-7-4-8-22-43/h3-38H,1-2H3. The number of para-hydroxylation sites is 2. The van der Waals surface area contributed by atoms with Gasteiger partial charge in [-0.25, -0.2) is 15.0 Å². The summed E-state index contributed by atoms with van der Waals surface area (Å²) in [7, 11) is -0.764. The van der Waals surface area contributed by atoms with Gasteiger partial charge in [-0.3, -0.25) is 9.13 Å². The highest BCUT2D eigenvalue weighted by molar-refractivity contribution is 7.68. The monoisotopic (exact) mass is 955 g/mol. The second kappa shape index (κ2) is 15.9. The Labute approximate surface area is 419 Å². The van der Waals surface area contributed by atoms with E-state index in [9.17, 15) is 0 Å². The van der Waals surface area contributed by atoms with Crippen LogP contribution in [-0.4, -0.2) is 24.1 Å². The summed E-state index contributed by atoms with van der Waals surface area (Å²) in [5.74, 6) is 1.50. The maximum atomic E-state index is 5.75. The van der Waals surface area contributed by atoms with Gasteiger partial charge in [-0.05, 0) is 84.2 Å². The first-order valence-corrected chi connectivity index (χ1v) is 26.6. The predicted octanol–water partition coefficient (Wildman–Crippen LogP) is 18.3. The van der Waals surface area contributed by atoms with E-state index in [1.54, 1.807) is 0 Å². The Morgan fingerprint density at radius 2 is 1.03 bits per heavy atom. The third-order valence-corrected chi connectivity index (χ3v) is 18.6. The molecule has 338 valence electrons. The smallest absolute Gasteiger partial charge is 0.235 e. The molecule has 15 aromatic rings. The quantitative estimate of drug-likeness (QED) is 0.167. The van der Waals surface area contributed by atoms with Crippen molar-refractivity contribution in [3.63, 3.8) is 0 Å². The van der Waals surface area contributed by atoms with Crippen molar-refractivity contribution in [1.29, 1.82) is 0 Å². The molecule has 0 radical (unpaired) electrons. The number of hydrogen-bond acceptors (Lipinski definition) is 4. The molecular weight excluding hydrogens is 914 g/mol. The summed E-state index contributed by atoms with van der Waals surface area (Å²) >= 11 is 1.84. The average Bonchev–Trinajstić information content (AvgIpc) is 4.20. The summed E-state index contributed by atoms with van der Waals surface area (Å²) in [5.41, 5.74) is 12.7. The lowest BCUT2D eigenvalue weighted by molar-refractivity contribution is 0.998. The minimum absolute atomic E-state index is 0.630. The van der Waals surface area contributed by atoms with E-state index in [2.05, 4.69) is 241 Å². The van der Waals surface area contributed by atoms with Crippen molar-refractivity contribution in [1.82, 2.24) is 24.1 Å². The fraction of sp³-hybridized carbons (Fsp3) is 0.0308. The van der Waals surface area contributed by atoms with Gasteiger partial charge in [0.2, 0.25) is 5.95 Å². The molecule has 0 aliphatic rings. The molecule has 1 unspecified atom stereocenters. The molecule has 0 N–H and O–H groups in total. The highest BCUT2D eigenvalue weighted by Gasteiger charge is 2.27. The lowest BCUT2D eigenvalue weighted by atomic mass is 9.98. The Balaban J connectivity index is 1.02. The molecule has 0 aliphatic heterocycles. The van der Waals surface area contributed by atoms with Crippen molar-refractivity contribution in [3.05, 3.63) is 230 Å². The fourth-order valence-corrected chi connectivity index (χ4v) is 15.4. The zero-order valence-electron chi connectivity index (χ0n) is 39.4. The molecule has 7 heteroatoms. The number of aryl methyl sites for hydroxylation is 2. The van der Waals surface area contributed by atoms with Gasteiger partial charge in [-0.2, -0.15) is 0 Å². The van der Waals surface area contributed by atoms with Crippen LogP contribution in [0.4, 0.5) is 0 Å². The molecular formula is C65H42N5PS. The number of aromatic nitrogens is 5. The number of hydrogen-bond donors (Lipinski definition) is 0. The maximum Gasteiger partial charge on any atom is 0.235 e. The maximum absolute atomic E-state index is 5.75. The van der Waals surface area contributed by atoms with Crippen molar-refractivity contribution >= 4 is 104 Å². The van der Waals surface area contributed by atoms with E-state index in [0.717, 1.165) is 72.4 Å². The van der Waals surface area contributed by atoms with Crippen LogP contribution in [0.5, 0.6) is 0 Å². The van der Waals surface area contributed by atoms with E-state index < -0.39 is 7.53 Å². The van der Waals surface area contributed by atoms with Gasteiger partial charge >= 0.3 is 0 Å². The molecule has 0 saturated heterocycles. The van der Waals surface area contributed by atoms with Crippen LogP contribution in [0, 0.1) is 13.8 Å². The molecule has 9 aromatic carbocycles. The van der Waals surface area contributed by atoms with Crippen LogP contribution in [0.3, 0.4) is 0 Å². The minimum atomic E-state index is -0.764. The number of pyridine rings is 1. The molecule has 72 heavy (non-hydrogen) atoms. The minimum Gasteiger partial charge on any atom is -0.293 e. The number of thiophene rings is 1. The Morgan fingerprint density at radius 1 is 0.389 bits per heavy atom. The number of fused-ring (bicyclic) bond motifs is 13. The van der Waals surface area contributed by atoms with Gasteiger partial charge in [0.25, 0.3) is 0 Å². The topological polar surface area (TPSA) is 48.5 Å². The van der Waals surface area contributed by atoms with Crippen molar-refractivity contribution in [2.45, 2.75) is 13.8 Å². The fourth-order valence-electron chi connectivity index (χ4n) is 11.6. The third kappa shape index (κ3) is 6.03. The summed E-state index contributed by atoms with van der Waals surface area (Å²) in [6.07, 6.45) is 0. The molecule has 0 aliphatic carbocycles. The molecule has 0 fully saturated rings. The van der Waals surface area contributed by atoms with Crippen molar-refractivity contribution in [3.8, 4) is 50.8 Å². The molecule has 0 spiro atoms. The first-order valence-electron chi connectivity index (χ1n) is 24.4. The van der Waals surface area contributed by atoms with E-state index in [1.807, 2.05) is 11.3 Å². The van der Waals surface area contributed by atoms with Crippen molar-refractivity contribution < 1.29 is 0 Å². The van der Waals surface area contributed by atoms with Crippen LogP contribution in [-0.2, 0) is 0 Å². The van der Waals surface area contributed by atoms with Gasteiger partial charge < -0.3 is 0 Å². The Hall–Kier alpha value is -8.67. The first kappa shape index (κ1) is 41.1. The van der Waals surface area contributed by atoms with Crippen LogP contribution in [0.1, 0.15) is 11.1 Å². The van der Waals surface area contributed by atoms with Gasteiger partial charge in [0.05, 0.1) is 39.1 Å². The predicted molar refractivity (Wildman–Crippen MR) is 306 cm³/mol. The number of rotatable bonds is 6. The molecule has 15 rings (SSSR count). The van der Waals surface area contributed by atoms with E-state index in [0.29, 0.717) is 5.95 Å². The summed E-state index contributed by atoms with van der Waals surface area (Å²) in [6, 6.07) is 79.0. The molecule has 6 heterocycles. The zero-order chi connectivity index (χ0) is 47.6. The molecule has 5 nitrogen and oxygen atoms in total. The van der Waals surface area contributed by atoms with Gasteiger partial charge in [0.15, 0.2) is 0 Å². The second-order valence-corrected chi connectivity index (χ2v) is 22.0. The summed E-state index contributed by atoms with van der Waals surface area (Å²) in [6.45, 7) is 4.56. The van der Waals surface area contributed by atoms with Crippen LogP contribution in [0.2, 0.25) is 0 Å². The largest absolute Gasteiger partial charge is 0.293 e. The van der Waals surface area contributed by atoms with E-state index in [1.165, 1.54) is 68.4 Å². The van der Waals surface area contributed by atoms with Crippen LogP contribution >= 0.6 is 18.9 Å². The van der Waals surface area contributed by atoms with Gasteiger partial charge in [0.1, 0.15) is 5.82 Å². The SMILES string of the molecule is Cc1c(C)c2c(c3ccccc3n2-c2cccc(-c3ccc4c(c3)sc3ccccc34)n2)c2c1c1ccccc1n2-c1nc(-c2ccccc2)cc(-c2cccc3c2c2ccccc2p3-c2ccccc2)n1. The lowest BCUT2D eigenvalue weighted by Gasteiger charge is -2.15. The van der Waals surface area contributed by atoms with E-state index in [-0.39, 0.29) is 0 Å². The van der Waals surface area contributed by atoms with Gasteiger partial charge in [0, 0.05) is 74.0 Å². The third-order valence-electron chi connectivity index (χ3n) is 14.9. The molecule has 1 atom stereocenters. The van der Waals surface area contributed by atoms with Gasteiger partial charge in [-0.15, -0.1) is 11.3 Å². The summed E-state index contributed by atoms with van der Waals surface area (Å²) < 4.78 is 7.30. The van der Waals surface area contributed by atoms with Crippen LogP contribution in [0.25, 0.3) is 136 Å². The molecule has 0 amide bonds. The van der Waals surface area contributed by atoms with Crippen LogP contribution < -0.4 is 0 Å². The lowest BCUT2D eigenvalue weighted by Crippen LogP contribution is -2.05. The first-order chi connectivity index (χ1) is 35.6. The zero-order valence-corrected chi connectivity index (χ0v) is 41.1. The number of nitrogens with zero attached hydrogens (tertiary/aromatic N) is 5. The van der Waals surface area contributed by atoms with E-state index in [4.69, 9.17) is 15.0 Å². The normalized spacial score (nSPS) is 12.3. The highest BCUT2D eigenvalue weighted by Crippen LogP contribution is 2.57. The molecule has 6 aromatic heterocycles. The highest BCUT2D eigenvalue weighted by atomic mass is 32.1. The Kier molecular flexibility index (Phi) is 9.10. The van der Waals surface area contributed by atoms with Crippen molar-refractivity contribution in [2.24, 2.45) is 0 Å². The summed E-state index contributed by atoms with van der Waals surface area (Å²) in [4.78, 5) is 16.9. The molecule has 0 saturated carbocycles. The van der Waals surface area contributed by atoms with Crippen molar-refractivity contribution in [2.75, 3.05) is 0 Å². The molecule has 0 bridgehead atoms. The Bertz CT molecular complexity index is 4710. The number of benzene rings is 9. The Morgan fingerprint density at radius 3 is 1.85 bits per heavy atom. The average molecular weight is 956 g/mol. The summed E-state index contributed by atoms with van der Waals surface area (Å²) in [5, 5.41) is 13.9.